The first-order valence-corrected chi connectivity index (χ1v) is 15.8. The predicted octanol–water partition coefficient (Wildman–Crippen LogP) is 8.49. The second-order valence-electron chi connectivity index (χ2n) is 10.6. The Labute approximate surface area is 272 Å². The second-order valence-corrected chi connectivity index (χ2v) is 11.7. The molecule has 0 aliphatic rings. The maximum absolute atomic E-state index is 14.4. The van der Waals surface area contributed by atoms with Crippen molar-refractivity contribution in [3.8, 4) is 11.5 Å². The van der Waals surface area contributed by atoms with Gasteiger partial charge in [0.05, 0.1) is 29.3 Å². The van der Waals surface area contributed by atoms with Crippen LogP contribution in [0.15, 0.2) is 24.5 Å². The summed E-state index contributed by atoms with van der Waals surface area (Å²) in [6.45, 7) is 10.9. The molecule has 0 spiro atoms. The van der Waals surface area contributed by atoms with Gasteiger partial charge in [-0.25, -0.2) is 4.39 Å². The van der Waals surface area contributed by atoms with Gasteiger partial charge in [0.25, 0.3) is 0 Å². The van der Waals surface area contributed by atoms with Gasteiger partial charge in [-0.3, -0.25) is 9.59 Å². The van der Waals surface area contributed by atoms with Gasteiger partial charge < -0.3 is 30.1 Å². The molecule has 0 aliphatic heterocycles. The largest absolute Gasteiger partial charge is 0.495 e. The first-order valence-electron chi connectivity index (χ1n) is 14.6. The second kappa shape index (κ2) is 16.3. The highest BCUT2D eigenvalue weighted by Crippen LogP contribution is 2.41. The number of hydrogen-bond acceptors (Lipinski definition) is 4. The van der Waals surface area contributed by atoms with Crippen LogP contribution in [-0.4, -0.2) is 48.6 Å². The van der Waals surface area contributed by atoms with E-state index in [2.05, 4.69) is 20.6 Å². The smallest absolute Gasteiger partial charge is 0.219 e. The summed E-state index contributed by atoms with van der Waals surface area (Å²) in [6, 6.07) is 3.56. The standard InChI is InChI=1S/C17H22ClFN2O2.C15H18Cl2N2O2/c1-4-10(3)23-14-6-12-13(11(5-2)7-20-9-22)8-21-17(12)15(18)16(14)19;1-4-12(20)18-6-8(2)10-7-19-15-9(10)5-11(21-3)13(16)14(15)17/h6,8-11,21H,4-5,7H2,1-3H3,(H,20,22);5,7-8,19H,4,6H2,1-3H3,(H,18,20). The summed E-state index contributed by atoms with van der Waals surface area (Å²) in [5.74, 6) is 0.464. The number of benzene rings is 2. The van der Waals surface area contributed by atoms with Crippen molar-refractivity contribution in [2.24, 2.45) is 0 Å². The van der Waals surface area contributed by atoms with Crippen molar-refractivity contribution in [3.05, 3.63) is 56.5 Å². The van der Waals surface area contributed by atoms with Crippen molar-refractivity contribution in [3.63, 3.8) is 0 Å². The summed E-state index contributed by atoms with van der Waals surface area (Å²) >= 11 is 18.6. The van der Waals surface area contributed by atoms with Crippen molar-refractivity contribution in [2.75, 3.05) is 20.2 Å². The lowest BCUT2D eigenvalue weighted by Gasteiger charge is -2.16. The molecule has 2 amide bonds. The van der Waals surface area contributed by atoms with Gasteiger partial charge in [-0.05, 0) is 43.0 Å². The zero-order valence-corrected chi connectivity index (χ0v) is 28.1. The molecule has 0 radical (unpaired) electrons. The quantitative estimate of drug-likeness (QED) is 0.107. The number of aromatic nitrogens is 2. The highest BCUT2D eigenvalue weighted by Gasteiger charge is 2.21. The van der Waals surface area contributed by atoms with Crippen LogP contribution in [0.4, 0.5) is 4.39 Å². The third kappa shape index (κ3) is 7.92. The lowest BCUT2D eigenvalue weighted by molar-refractivity contribution is -0.120. The van der Waals surface area contributed by atoms with Gasteiger partial charge in [0.15, 0.2) is 11.6 Å². The molecule has 12 heteroatoms. The van der Waals surface area contributed by atoms with Gasteiger partial charge in [0.2, 0.25) is 12.3 Å². The Hall–Kier alpha value is -3.14. The molecule has 0 saturated carbocycles. The lowest BCUT2D eigenvalue weighted by Crippen LogP contribution is -2.26. The number of hydrogen-bond donors (Lipinski definition) is 4. The molecule has 4 rings (SSSR count). The highest BCUT2D eigenvalue weighted by atomic mass is 35.5. The summed E-state index contributed by atoms with van der Waals surface area (Å²) in [7, 11) is 1.56. The van der Waals surface area contributed by atoms with Gasteiger partial charge in [-0.2, -0.15) is 0 Å². The van der Waals surface area contributed by atoms with E-state index in [4.69, 9.17) is 44.3 Å². The number of halogens is 4. The first-order chi connectivity index (χ1) is 21.0. The van der Waals surface area contributed by atoms with Crippen LogP contribution >= 0.6 is 34.8 Å². The van der Waals surface area contributed by atoms with Crippen LogP contribution in [-0.2, 0) is 9.59 Å². The van der Waals surface area contributed by atoms with E-state index in [-0.39, 0.29) is 34.6 Å². The summed E-state index contributed by atoms with van der Waals surface area (Å²) in [5, 5.41) is 8.26. The Balaban J connectivity index is 0.000000241. The molecule has 2 aromatic carbocycles. The minimum absolute atomic E-state index is 0.0326. The van der Waals surface area contributed by atoms with Crippen molar-refractivity contribution >= 4 is 68.9 Å². The van der Waals surface area contributed by atoms with E-state index in [1.807, 2.05) is 53.1 Å². The van der Waals surface area contributed by atoms with E-state index in [1.54, 1.807) is 13.2 Å². The van der Waals surface area contributed by atoms with Crippen LogP contribution in [0.2, 0.25) is 15.1 Å². The number of aromatic amines is 2. The average Bonchev–Trinajstić information content (AvgIpc) is 3.65. The number of rotatable bonds is 13. The molecule has 8 nitrogen and oxygen atoms in total. The molecule has 0 saturated heterocycles. The Bertz CT molecular complexity index is 1590. The summed E-state index contributed by atoms with van der Waals surface area (Å²) in [4.78, 5) is 28.1. The van der Waals surface area contributed by atoms with Gasteiger partial charge in [0, 0.05) is 54.5 Å². The van der Waals surface area contributed by atoms with Gasteiger partial charge in [-0.1, -0.05) is 62.5 Å². The molecule has 4 N–H and O–H groups in total. The van der Waals surface area contributed by atoms with E-state index in [9.17, 15) is 14.0 Å². The van der Waals surface area contributed by atoms with E-state index in [1.165, 1.54) is 0 Å². The molecule has 0 fully saturated rings. The molecule has 2 aromatic heterocycles. The van der Waals surface area contributed by atoms with Crippen molar-refractivity contribution in [2.45, 2.75) is 71.8 Å². The van der Waals surface area contributed by atoms with Crippen LogP contribution < -0.4 is 20.1 Å². The van der Waals surface area contributed by atoms with Gasteiger partial charge in [0.1, 0.15) is 15.8 Å². The molecular weight excluding hydrogens is 630 g/mol. The molecule has 2 heterocycles. The zero-order valence-electron chi connectivity index (χ0n) is 25.8. The predicted molar refractivity (Wildman–Crippen MR) is 177 cm³/mol. The van der Waals surface area contributed by atoms with E-state index < -0.39 is 5.82 Å². The maximum atomic E-state index is 14.4. The fourth-order valence-electron chi connectivity index (χ4n) is 4.84. The first kappa shape index (κ1) is 35.3. The molecule has 44 heavy (non-hydrogen) atoms. The molecular formula is C32H40Cl3FN4O4. The lowest BCUT2D eigenvalue weighted by atomic mass is 9.96. The number of amides is 2. The third-order valence-corrected chi connectivity index (χ3v) is 8.88. The summed E-state index contributed by atoms with van der Waals surface area (Å²) < 4.78 is 25.3. The van der Waals surface area contributed by atoms with Crippen molar-refractivity contribution in [1.29, 1.82) is 0 Å². The zero-order chi connectivity index (χ0) is 32.6. The molecule has 0 bridgehead atoms. The number of nitrogens with one attached hydrogen (secondary N) is 4. The molecule has 0 aliphatic carbocycles. The molecule has 3 atom stereocenters. The number of carbonyl (C=O) groups is 2. The topological polar surface area (TPSA) is 108 Å². The van der Waals surface area contributed by atoms with Crippen LogP contribution in [0, 0.1) is 5.82 Å². The Morgan fingerprint density at radius 3 is 2.14 bits per heavy atom. The van der Waals surface area contributed by atoms with E-state index in [0.29, 0.717) is 47.2 Å². The number of fused-ring (bicyclic) bond motifs is 2. The summed E-state index contributed by atoms with van der Waals surface area (Å²) in [5.41, 5.74) is 3.40. The Morgan fingerprint density at radius 1 is 0.932 bits per heavy atom. The van der Waals surface area contributed by atoms with Crippen LogP contribution in [0.1, 0.15) is 76.8 Å². The molecule has 240 valence electrons. The fourth-order valence-corrected chi connectivity index (χ4v) is 5.57. The average molecular weight is 670 g/mol. The minimum Gasteiger partial charge on any atom is -0.495 e. The van der Waals surface area contributed by atoms with Crippen LogP contribution in [0.5, 0.6) is 11.5 Å². The number of methoxy groups -OCH3 is 1. The highest BCUT2D eigenvalue weighted by molar-refractivity contribution is 6.46. The minimum atomic E-state index is -0.549. The van der Waals surface area contributed by atoms with Crippen molar-refractivity contribution < 1.29 is 23.5 Å². The van der Waals surface area contributed by atoms with Crippen molar-refractivity contribution in [1.82, 2.24) is 20.6 Å². The number of H-pyrrole nitrogens is 2. The van der Waals surface area contributed by atoms with Crippen LogP contribution in [0.25, 0.3) is 21.8 Å². The van der Waals surface area contributed by atoms with E-state index >= 15 is 0 Å². The SMILES string of the molecule is CCC(=O)NCC(C)c1c[nH]c2c(Cl)c(Cl)c(OC)cc12.CCC(C)Oc1cc2c(C(CC)CNC=O)c[nH]c2c(Cl)c1F. The van der Waals surface area contributed by atoms with Gasteiger partial charge in [-0.15, -0.1) is 0 Å². The normalized spacial score (nSPS) is 13.1. The maximum Gasteiger partial charge on any atom is 0.219 e. The number of carbonyl (C=O) groups excluding carboxylic acids is 2. The van der Waals surface area contributed by atoms with Crippen LogP contribution in [0.3, 0.4) is 0 Å². The summed E-state index contributed by atoms with van der Waals surface area (Å²) in [6.07, 6.45) is 6.40. The third-order valence-electron chi connectivity index (χ3n) is 7.67. The van der Waals surface area contributed by atoms with E-state index in [0.717, 1.165) is 40.3 Å². The Morgan fingerprint density at radius 2 is 1.55 bits per heavy atom. The molecule has 3 unspecified atom stereocenters. The molecule has 4 aromatic rings. The Kier molecular flexibility index (Phi) is 13.1. The van der Waals surface area contributed by atoms with Gasteiger partial charge >= 0.3 is 0 Å². The number of ether oxygens (including phenoxy) is 2. The monoisotopic (exact) mass is 668 g/mol. The fraction of sp³-hybridized carbons (Fsp3) is 0.438.